The van der Waals surface area contributed by atoms with Crippen LogP contribution in [0.25, 0.3) is 0 Å². The SMILES string of the molecule is COc1ccc(C(=O)c2ccco2)cc1C(C)C. The Labute approximate surface area is 106 Å². The van der Waals surface area contributed by atoms with Crippen LogP contribution in [-0.4, -0.2) is 12.9 Å². The number of ketones is 1. The fourth-order valence-electron chi connectivity index (χ4n) is 1.88. The van der Waals surface area contributed by atoms with E-state index in [2.05, 4.69) is 13.8 Å². The van der Waals surface area contributed by atoms with Crippen molar-refractivity contribution in [2.75, 3.05) is 7.11 Å². The van der Waals surface area contributed by atoms with Crippen LogP contribution in [0.15, 0.2) is 41.0 Å². The number of rotatable bonds is 4. The van der Waals surface area contributed by atoms with Crippen LogP contribution in [0, 0.1) is 0 Å². The second-order valence-electron chi connectivity index (χ2n) is 4.42. The van der Waals surface area contributed by atoms with Gasteiger partial charge in [-0.2, -0.15) is 0 Å². The summed E-state index contributed by atoms with van der Waals surface area (Å²) >= 11 is 0. The molecule has 0 N–H and O–H groups in total. The van der Waals surface area contributed by atoms with Crippen molar-refractivity contribution < 1.29 is 13.9 Å². The Kier molecular flexibility index (Phi) is 3.51. The molecule has 2 aromatic rings. The molecule has 0 saturated heterocycles. The van der Waals surface area contributed by atoms with E-state index in [1.54, 1.807) is 25.3 Å². The van der Waals surface area contributed by atoms with E-state index in [0.29, 0.717) is 17.2 Å². The Hall–Kier alpha value is -2.03. The van der Waals surface area contributed by atoms with Crippen molar-refractivity contribution in [1.29, 1.82) is 0 Å². The Balaban J connectivity index is 2.41. The standard InChI is InChI=1S/C15H16O3/c1-10(2)12-9-11(6-7-13(12)17-3)15(16)14-5-4-8-18-14/h4-10H,1-3H3. The molecule has 0 radical (unpaired) electrons. The Morgan fingerprint density at radius 2 is 2.06 bits per heavy atom. The quantitative estimate of drug-likeness (QED) is 0.771. The average molecular weight is 244 g/mol. The molecule has 2 rings (SSSR count). The van der Waals surface area contributed by atoms with Gasteiger partial charge < -0.3 is 9.15 Å². The summed E-state index contributed by atoms with van der Waals surface area (Å²) in [4.78, 5) is 12.1. The van der Waals surface area contributed by atoms with Gasteiger partial charge in [-0.1, -0.05) is 13.8 Å². The third-order valence-electron chi connectivity index (χ3n) is 2.86. The molecular weight excluding hydrogens is 228 g/mol. The molecule has 94 valence electrons. The van der Waals surface area contributed by atoms with Crippen LogP contribution in [0.1, 0.15) is 41.4 Å². The number of carbonyl (C=O) groups excluding carboxylic acids is 1. The van der Waals surface area contributed by atoms with Crippen molar-refractivity contribution >= 4 is 5.78 Å². The molecule has 3 heteroatoms. The maximum Gasteiger partial charge on any atom is 0.228 e. The second-order valence-corrected chi connectivity index (χ2v) is 4.42. The number of carbonyl (C=O) groups is 1. The van der Waals surface area contributed by atoms with Gasteiger partial charge in [0.05, 0.1) is 13.4 Å². The fourth-order valence-corrected chi connectivity index (χ4v) is 1.88. The summed E-state index contributed by atoms with van der Waals surface area (Å²) in [7, 11) is 1.63. The summed E-state index contributed by atoms with van der Waals surface area (Å²) in [6.07, 6.45) is 1.50. The summed E-state index contributed by atoms with van der Waals surface area (Å²) in [6.45, 7) is 4.14. The molecule has 3 nitrogen and oxygen atoms in total. The number of furan rings is 1. The van der Waals surface area contributed by atoms with Gasteiger partial charge in [0.2, 0.25) is 5.78 Å². The smallest absolute Gasteiger partial charge is 0.228 e. The first-order valence-electron chi connectivity index (χ1n) is 5.89. The molecule has 1 aromatic heterocycles. The summed E-state index contributed by atoms with van der Waals surface area (Å²) in [5.74, 6) is 1.35. The third-order valence-corrected chi connectivity index (χ3v) is 2.86. The molecule has 0 aliphatic heterocycles. The van der Waals surface area contributed by atoms with Crippen molar-refractivity contribution in [3.05, 3.63) is 53.5 Å². The van der Waals surface area contributed by atoms with E-state index in [0.717, 1.165) is 11.3 Å². The molecule has 0 bridgehead atoms. The minimum atomic E-state index is -0.107. The van der Waals surface area contributed by atoms with E-state index in [4.69, 9.17) is 9.15 Å². The predicted octanol–water partition coefficient (Wildman–Crippen LogP) is 3.64. The highest BCUT2D eigenvalue weighted by molar-refractivity contribution is 6.07. The lowest BCUT2D eigenvalue weighted by atomic mass is 9.97. The maximum atomic E-state index is 12.1. The van der Waals surface area contributed by atoms with Gasteiger partial charge in [0, 0.05) is 5.56 Å². The van der Waals surface area contributed by atoms with Gasteiger partial charge in [0.15, 0.2) is 5.76 Å². The topological polar surface area (TPSA) is 39.4 Å². The van der Waals surface area contributed by atoms with Crippen LogP contribution in [0.5, 0.6) is 5.75 Å². The summed E-state index contributed by atoms with van der Waals surface area (Å²) in [6, 6.07) is 8.83. The van der Waals surface area contributed by atoms with Crippen LogP contribution in [0.2, 0.25) is 0 Å². The Morgan fingerprint density at radius 3 is 2.61 bits per heavy atom. The number of hydrogen-bond acceptors (Lipinski definition) is 3. The molecule has 0 aliphatic carbocycles. The molecule has 0 fully saturated rings. The van der Waals surface area contributed by atoms with Crippen molar-refractivity contribution in [1.82, 2.24) is 0 Å². The zero-order valence-corrected chi connectivity index (χ0v) is 10.8. The molecule has 0 unspecified atom stereocenters. The molecule has 0 atom stereocenters. The van der Waals surface area contributed by atoms with E-state index in [-0.39, 0.29) is 5.78 Å². The lowest BCUT2D eigenvalue weighted by Gasteiger charge is -2.12. The fraction of sp³-hybridized carbons (Fsp3) is 0.267. The average Bonchev–Trinajstić information content (AvgIpc) is 2.90. The summed E-state index contributed by atoms with van der Waals surface area (Å²) < 4.78 is 10.4. The first-order chi connectivity index (χ1) is 8.63. The lowest BCUT2D eigenvalue weighted by Crippen LogP contribution is -2.02. The third kappa shape index (κ3) is 2.30. The van der Waals surface area contributed by atoms with Crippen LogP contribution in [0.3, 0.4) is 0 Å². The zero-order chi connectivity index (χ0) is 13.1. The van der Waals surface area contributed by atoms with Crippen LogP contribution in [-0.2, 0) is 0 Å². The molecule has 0 aliphatic rings. The maximum absolute atomic E-state index is 12.1. The van der Waals surface area contributed by atoms with Gasteiger partial charge in [-0.3, -0.25) is 4.79 Å². The first-order valence-corrected chi connectivity index (χ1v) is 5.89. The zero-order valence-electron chi connectivity index (χ0n) is 10.8. The van der Waals surface area contributed by atoms with Crippen molar-refractivity contribution in [3.63, 3.8) is 0 Å². The van der Waals surface area contributed by atoms with Gasteiger partial charge in [-0.15, -0.1) is 0 Å². The largest absolute Gasteiger partial charge is 0.496 e. The summed E-state index contributed by atoms with van der Waals surface area (Å²) in [5, 5.41) is 0. The van der Waals surface area contributed by atoms with Crippen molar-refractivity contribution in [2.45, 2.75) is 19.8 Å². The van der Waals surface area contributed by atoms with Crippen LogP contribution >= 0.6 is 0 Å². The molecule has 0 spiro atoms. The van der Waals surface area contributed by atoms with E-state index in [9.17, 15) is 4.79 Å². The molecule has 18 heavy (non-hydrogen) atoms. The number of methoxy groups -OCH3 is 1. The van der Waals surface area contributed by atoms with Crippen LogP contribution < -0.4 is 4.74 Å². The summed E-state index contributed by atoms with van der Waals surface area (Å²) in [5.41, 5.74) is 1.64. The first kappa shape index (κ1) is 12.4. The number of ether oxygens (including phenoxy) is 1. The van der Waals surface area contributed by atoms with Gasteiger partial charge in [0.1, 0.15) is 5.75 Å². The molecule has 0 amide bonds. The van der Waals surface area contributed by atoms with E-state index >= 15 is 0 Å². The van der Waals surface area contributed by atoms with Crippen LogP contribution in [0.4, 0.5) is 0 Å². The molecule has 1 heterocycles. The number of benzene rings is 1. The highest BCUT2D eigenvalue weighted by Gasteiger charge is 2.15. The van der Waals surface area contributed by atoms with Gasteiger partial charge in [0.25, 0.3) is 0 Å². The van der Waals surface area contributed by atoms with Crippen molar-refractivity contribution in [2.24, 2.45) is 0 Å². The number of hydrogen-bond donors (Lipinski definition) is 0. The normalized spacial score (nSPS) is 10.7. The molecule has 0 saturated carbocycles. The van der Waals surface area contributed by atoms with Gasteiger partial charge in [-0.05, 0) is 41.8 Å². The Morgan fingerprint density at radius 1 is 1.28 bits per heavy atom. The molecule has 1 aromatic carbocycles. The molecular formula is C15H16O3. The van der Waals surface area contributed by atoms with E-state index < -0.39 is 0 Å². The minimum Gasteiger partial charge on any atom is -0.496 e. The van der Waals surface area contributed by atoms with Crippen molar-refractivity contribution in [3.8, 4) is 5.75 Å². The highest BCUT2D eigenvalue weighted by atomic mass is 16.5. The van der Waals surface area contributed by atoms with Gasteiger partial charge >= 0.3 is 0 Å². The minimum absolute atomic E-state index is 0.107. The Bertz CT molecular complexity index is 539. The predicted molar refractivity (Wildman–Crippen MR) is 69.2 cm³/mol. The monoisotopic (exact) mass is 244 g/mol. The second kappa shape index (κ2) is 5.08. The lowest BCUT2D eigenvalue weighted by molar-refractivity contribution is 0.101. The highest BCUT2D eigenvalue weighted by Crippen LogP contribution is 2.28. The van der Waals surface area contributed by atoms with E-state index in [1.165, 1.54) is 6.26 Å². The van der Waals surface area contributed by atoms with E-state index in [1.807, 2.05) is 12.1 Å². The van der Waals surface area contributed by atoms with Gasteiger partial charge in [-0.25, -0.2) is 0 Å².